The second kappa shape index (κ2) is 5.99. The Morgan fingerprint density at radius 3 is 2.00 bits per heavy atom. The number of amides is 1. The van der Waals surface area contributed by atoms with Crippen molar-refractivity contribution in [2.24, 2.45) is 11.7 Å². The normalized spacial score (nSPS) is 12.7. The highest BCUT2D eigenvalue weighted by molar-refractivity contribution is 6.02. The van der Waals surface area contributed by atoms with E-state index in [1.807, 2.05) is 6.92 Å². The van der Waals surface area contributed by atoms with Gasteiger partial charge in [0, 0.05) is 23.0 Å². The summed E-state index contributed by atoms with van der Waals surface area (Å²) in [5.41, 5.74) is 11.6. The molecule has 3 heteroatoms. The molecule has 1 aromatic carbocycles. The number of rotatable bonds is 4. The Bertz CT molecular complexity index is 693. The Balaban J connectivity index is 2.75. The molecule has 0 saturated heterocycles. The van der Waals surface area contributed by atoms with Gasteiger partial charge in [-0.25, -0.2) is 0 Å². The maximum atomic E-state index is 12.0. The molecule has 0 bridgehead atoms. The number of hydrogen-bond acceptors (Lipinski definition) is 1. The molecule has 118 valence electrons. The van der Waals surface area contributed by atoms with Crippen LogP contribution in [0.1, 0.15) is 54.1 Å². The lowest BCUT2D eigenvalue weighted by molar-refractivity contribution is 0.1000. The van der Waals surface area contributed by atoms with Gasteiger partial charge in [-0.15, -0.1) is 0 Å². The van der Waals surface area contributed by atoms with Crippen LogP contribution < -0.4 is 5.73 Å². The third-order valence-corrected chi connectivity index (χ3v) is 4.66. The van der Waals surface area contributed by atoms with Crippen molar-refractivity contribution in [3.05, 3.63) is 46.8 Å². The van der Waals surface area contributed by atoms with Crippen LogP contribution in [-0.2, 0) is 0 Å². The van der Waals surface area contributed by atoms with Gasteiger partial charge in [-0.2, -0.15) is 0 Å². The van der Waals surface area contributed by atoms with Crippen LogP contribution in [0.15, 0.2) is 24.3 Å². The van der Waals surface area contributed by atoms with Crippen molar-refractivity contribution in [2.75, 3.05) is 0 Å². The summed E-state index contributed by atoms with van der Waals surface area (Å²) in [6.07, 6.45) is 0. The highest BCUT2D eigenvalue weighted by atomic mass is 16.1. The topological polar surface area (TPSA) is 48.0 Å². The maximum Gasteiger partial charge on any atom is 0.251 e. The number of nitrogens with zero attached hydrogens (tertiary/aromatic N) is 1. The average molecular weight is 298 g/mol. The molecule has 3 nitrogen and oxygen atoms in total. The van der Waals surface area contributed by atoms with E-state index in [1.165, 1.54) is 5.56 Å². The third-order valence-electron chi connectivity index (χ3n) is 4.66. The first-order valence-electron chi connectivity index (χ1n) is 7.83. The van der Waals surface area contributed by atoms with E-state index in [2.05, 4.69) is 63.5 Å². The predicted molar refractivity (Wildman–Crippen MR) is 92.1 cm³/mol. The van der Waals surface area contributed by atoms with Crippen LogP contribution in [0.4, 0.5) is 0 Å². The molecular weight excluding hydrogens is 272 g/mol. The molecule has 0 fully saturated rings. The van der Waals surface area contributed by atoms with E-state index in [-0.39, 0.29) is 5.91 Å². The molecule has 0 aliphatic heterocycles. The quantitative estimate of drug-likeness (QED) is 0.893. The first-order chi connectivity index (χ1) is 10.3. The molecule has 1 heterocycles. The fourth-order valence-corrected chi connectivity index (χ4v) is 3.14. The second-order valence-corrected chi connectivity index (χ2v) is 6.51. The van der Waals surface area contributed by atoms with Gasteiger partial charge >= 0.3 is 0 Å². The van der Waals surface area contributed by atoms with Crippen LogP contribution in [0.25, 0.3) is 11.1 Å². The summed E-state index contributed by atoms with van der Waals surface area (Å²) >= 11 is 0. The number of primary amides is 1. The van der Waals surface area contributed by atoms with Gasteiger partial charge in [0.05, 0.1) is 5.56 Å². The van der Waals surface area contributed by atoms with E-state index < -0.39 is 0 Å². The van der Waals surface area contributed by atoms with Crippen LogP contribution >= 0.6 is 0 Å². The zero-order valence-corrected chi connectivity index (χ0v) is 14.4. The molecule has 1 atom stereocenters. The van der Waals surface area contributed by atoms with Gasteiger partial charge in [0.25, 0.3) is 5.91 Å². The number of aromatic nitrogens is 1. The Hall–Kier alpha value is -2.03. The van der Waals surface area contributed by atoms with E-state index in [0.29, 0.717) is 17.5 Å². The minimum Gasteiger partial charge on any atom is -0.366 e. The summed E-state index contributed by atoms with van der Waals surface area (Å²) in [7, 11) is 0. The lowest BCUT2D eigenvalue weighted by atomic mass is 9.99. The lowest BCUT2D eigenvalue weighted by Crippen LogP contribution is -2.16. The van der Waals surface area contributed by atoms with Crippen molar-refractivity contribution in [3.8, 4) is 11.1 Å². The monoisotopic (exact) mass is 298 g/mol. The molecule has 2 aromatic rings. The molecule has 2 rings (SSSR count). The first-order valence-corrected chi connectivity index (χ1v) is 7.83. The van der Waals surface area contributed by atoms with Crippen molar-refractivity contribution < 1.29 is 4.79 Å². The number of nitrogens with two attached hydrogens (primary N) is 1. The van der Waals surface area contributed by atoms with E-state index in [9.17, 15) is 4.79 Å². The molecular formula is C19H26N2O. The van der Waals surface area contributed by atoms with Gasteiger partial charge in [0.15, 0.2) is 0 Å². The van der Waals surface area contributed by atoms with Gasteiger partial charge in [-0.3, -0.25) is 4.79 Å². The van der Waals surface area contributed by atoms with Crippen LogP contribution in [0.5, 0.6) is 0 Å². The van der Waals surface area contributed by atoms with Gasteiger partial charge in [0.1, 0.15) is 0 Å². The van der Waals surface area contributed by atoms with Gasteiger partial charge < -0.3 is 10.3 Å². The average Bonchev–Trinajstić information content (AvgIpc) is 2.70. The summed E-state index contributed by atoms with van der Waals surface area (Å²) < 4.78 is 2.25. The van der Waals surface area contributed by atoms with E-state index in [0.717, 1.165) is 22.5 Å². The molecule has 1 amide bonds. The molecule has 0 radical (unpaired) electrons. The minimum atomic E-state index is -0.356. The van der Waals surface area contributed by atoms with E-state index in [1.54, 1.807) is 0 Å². The maximum absolute atomic E-state index is 12.0. The van der Waals surface area contributed by atoms with E-state index in [4.69, 9.17) is 5.73 Å². The van der Waals surface area contributed by atoms with Gasteiger partial charge in [-0.1, -0.05) is 43.7 Å². The second-order valence-electron chi connectivity index (χ2n) is 6.51. The van der Waals surface area contributed by atoms with Gasteiger partial charge in [0.2, 0.25) is 0 Å². The fraction of sp³-hybridized carbons (Fsp3) is 0.421. The summed E-state index contributed by atoms with van der Waals surface area (Å²) in [4.78, 5) is 12.0. The van der Waals surface area contributed by atoms with Crippen molar-refractivity contribution in [2.45, 2.75) is 47.6 Å². The molecule has 0 spiro atoms. The zero-order chi connectivity index (χ0) is 16.6. The summed E-state index contributed by atoms with van der Waals surface area (Å²) in [5.74, 6) is 0.127. The number of aryl methyl sites for hydroxylation is 1. The first kappa shape index (κ1) is 16.3. The number of hydrogen-bond donors (Lipinski definition) is 1. The molecule has 0 saturated carbocycles. The fourth-order valence-electron chi connectivity index (χ4n) is 3.14. The van der Waals surface area contributed by atoms with Crippen LogP contribution in [0.3, 0.4) is 0 Å². The van der Waals surface area contributed by atoms with Crippen LogP contribution in [-0.4, -0.2) is 10.5 Å². The summed E-state index contributed by atoms with van der Waals surface area (Å²) in [6.45, 7) is 12.7. The number of benzene rings is 1. The molecule has 1 unspecified atom stereocenters. The third kappa shape index (κ3) is 2.68. The predicted octanol–water partition coefficient (Wildman–Crippen LogP) is 4.40. The molecule has 0 aliphatic carbocycles. The molecule has 22 heavy (non-hydrogen) atoms. The molecule has 1 aromatic heterocycles. The zero-order valence-electron chi connectivity index (χ0n) is 14.4. The van der Waals surface area contributed by atoms with Crippen molar-refractivity contribution in [1.29, 1.82) is 0 Å². The highest BCUT2D eigenvalue weighted by Crippen LogP contribution is 2.35. The summed E-state index contributed by atoms with van der Waals surface area (Å²) in [5, 5.41) is 0. The van der Waals surface area contributed by atoms with Crippen LogP contribution in [0, 0.1) is 26.7 Å². The Morgan fingerprint density at radius 2 is 1.55 bits per heavy atom. The number of carbonyl (C=O) groups is 1. The van der Waals surface area contributed by atoms with Crippen LogP contribution in [0.2, 0.25) is 0 Å². The SMILES string of the molecule is Cc1ccc(-c2c(C(N)=O)c(C)n(C(C)C(C)C)c2C)cc1. The smallest absolute Gasteiger partial charge is 0.251 e. The Kier molecular flexibility index (Phi) is 4.45. The van der Waals surface area contributed by atoms with E-state index >= 15 is 0 Å². The van der Waals surface area contributed by atoms with Gasteiger partial charge in [-0.05, 0) is 39.2 Å². The highest BCUT2D eigenvalue weighted by Gasteiger charge is 2.25. The van der Waals surface area contributed by atoms with Crippen molar-refractivity contribution in [3.63, 3.8) is 0 Å². The minimum absolute atomic E-state index is 0.317. The molecule has 2 N–H and O–H groups in total. The lowest BCUT2D eigenvalue weighted by Gasteiger charge is -2.22. The Morgan fingerprint density at radius 1 is 1.00 bits per heavy atom. The Labute approximate surface area is 133 Å². The standard InChI is InChI=1S/C19H26N2O/c1-11(2)13(4)21-14(5)17(18(15(21)6)19(20)22)16-9-7-12(3)8-10-16/h7-11,13H,1-6H3,(H2,20,22). The summed E-state index contributed by atoms with van der Waals surface area (Å²) in [6, 6.07) is 8.58. The molecule has 0 aliphatic rings. The van der Waals surface area contributed by atoms with Crippen molar-refractivity contribution >= 4 is 5.91 Å². The van der Waals surface area contributed by atoms with Crippen molar-refractivity contribution in [1.82, 2.24) is 4.57 Å². The largest absolute Gasteiger partial charge is 0.366 e. The number of carbonyl (C=O) groups excluding carboxylic acids is 1.